The summed E-state index contributed by atoms with van der Waals surface area (Å²) in [6.45, 7) is 3.84. The van der Waals surface area contributed by atoms with E-state index in [0.29, 0.717) is 22.8 Å². The van der Waals surface area contributed by atoms with Crippen molar-refractivity contribution >= 4 is 17.8 Å². The molecule has 0 amide bonds. The molecule has 1 aliphatic carbocycles. The summed E-state index contributed by atoms with van der Waals surface area (Å²) >= 11 is 0. The van der Waals surface area contributed by atoms with E-state index < -0.39 is 0 Å². The molecule has 4 rings (SSSR count). The molecule has 0 bridgehead atoms. The number of fused-ring (bicyclic) bond motifs is 1. The van der Waals surface area contributed by atoms with Crippen LogP contribution in [0.25, 0.3) is 6.08 Å². The molecule has 1 saturated carbocycles. The van der Waals surface area contributed by atoms with Crippen molar-refractivity contribution in [1.29, 1.82) is 0 Å². The van der Waals surface area contributed by atoms with Gasteiger partial charge in [-0.1, -0.05) is 43.5 Å². The molecule has 1 fully saturated rings. The second-order valence-electron chi connectivity index (χ2n) is 7.67. The highest BCUT2D eigenvalue weighted by molar-refractivity contribution is 6.15. The van der Waals surface area contributed by atoms with E-state index >= 15 is 0 Å². The Morgan fingerprint density at radius 3 is 2.57 bits per heavy atom. The zero-order valence-corrected chi connectivity index (χ0v) is 16.3. The van der Waals surface area contributed by atoms with E-state index in [4.69, 9.17) is 9.47 Å². The summed E-state index contributed by atoms with van der Waals surface area (Å²) in [6.07, 6.45) is 6.89. The van der Waals surface area contributed by atoms with Crippen LogP contribution in [0.3, 0.4) is 0 Å². The van der Waals surface area contributed by atoms with Gasteiger partial charge in [0.2, 0.25) is 5.78 Å². The van der Waals surface area contributed by atoms with Gasteiger partial charge in [0, 0.05) is 6.07 Å². The van der Waals surface area contributed by atoms with E-state index in [-0.39, 0.29) is 17.7 Å². The van der Waals surface area contributed by atoms with Gasteiger partial charge < -0.3 is 9.47 Å². The van der Waals surface area contributed by atoms with Gasteiger partial charge in [0.25, 0.3) is 0 Å². The normalized spacial score (nSPS) is 18.1. The summed E-state index contributed by atoms with van der Waals surface area (Å²) in [7, 11) is 0. The quantitative estimate of drug-likeness (QED) is 0.409. The van der Waals surface area contributed by atoms with Crippen molar-refractivity contribution in [2.45, 2.75) is 46.0 Å². The van der Waals surface area contributed by atoms with Gasteiger partial charge in [0.1, 0.15) is 11.5 Å². The number of hydrogen-bond donors (Lipinski definition) is 0. The molecule has 0 radical (unpaired) electrons. The average molecular weight is 376 g/mol. The first kappa shape index (κ1) is 18.5. The van der Waals surface area contributed by atoms with Crippen LogP contribution in [0.5, 0.6) is 11.5 Å². The van der Waals surface area contributed by atoms with Gasteiger partial charge in [-0.2, -0.15) is 0 Å². The van der Waals surface area contributed by atoms with E-state index in [1.807, 2.05) is 38.1 Å². The minimum Gasteiger partial charge on any atom is -0.452 e. The first-order valence-corrected chi connectivity index (χ1v) is 9.89. The predicted octanol–water partition coefficient (Wildman–Crippen LogP) is 5.41. The zero-order valence-electron chi connectivity index (χ0n) is 16.3. The van der Waals surface area contributed by atoms with Gasteiger partial charge in [-0.3, -0.25) is 9.59 Å². The maximum absolute atomic E-state index is 12.8. The summed E-state index contributed by atoms with van der Waals surface area (Å²) in [5.41, 5.74) is 3.31. The summed E-state index contributed by atoms with van der Waals surface area (Å²) in [5, 5.41) is 0. The molecule has 0 saturated heterocycles. The first-order chi connectivity index (χ1) is 13.5. The van der Waals surface area contributed by atoms with Gasteiger partial charge in [0.15, 0.2) is 5.76 Å². The number of Topliss-reactive ketones (excluding diaryl/α,β-unsaturated/α-hetero) is 1. The number of aryl methyl sites for hydroxylation is 2. The number of esters is 1. The molecule has 2 aliphatic rings. The van der Waals surface area contributed by atoms with Crippen LogP contribution in [0.1, 0.15) is 59.2 Å². The Morgan fingerprint density at radius 2 is 1.82 bits per heavy atom. The summed E-state index contributed by atoms with van der Waals surface area (Å²) in [4.78, 5) is 25.3. The lowest BCUT2D eigenvalue weighted by Gasteiger charge is -2.20. The number of carbonyl (C=O) groups excluding carboxylic acids is 2. The molecule has 144 valence electrons. The third kappa shape index (κ3) is 3.59. The Morgan fingerprint density at radius 1 is 1.07 bits per heavy atom. The molecule has 2 aromatic rings. The van der Waals surface area contributed by atoms with E-state index in [0.717, 1.165) is 42.4 Å². The lowest BCUT2D eigenvalue weighted by Crippen LogP contribution is -2.22. The lowest BCUT2D eigenvalue weighted by molar-refractivity contribution is -0.139. The molecule has 28 heavy (non-hydrogen) atoms. The van der Waals surface area contributed by atoms with Crippen LogP contribution < -0.4 is 9.47 Å². The fraction of sp³-hybridized carbons (Fsp3) is 0.333. The van der Waals surface area contributed by atoms with Gasteiger partial charge in [-0.15, -0.1) is 0 Å². The summed E-state index contributed by atoms with van der Waals surface area (Å²) in [5.74, 6) is 0.845. The van der Waals surface area contributed by atoms with Crippen molar-refractivity contribution < 1.29 is 19.1 Å². The lowest BCUT2D eigenvalue weighted by atomic mass is 9.89. The molecular weight excluding hydrogens is 352 g/mol. The maximum atomic E-state index is 12.8. The fourth-order valence-electron chi connectivity index (χ4n) is 3.96. The molecule has 1 heterocycles. The number of benzene rings is 2. The number of ether oxygens (including phenoxy) is 2. The Bertz CT molecular complexity index is 965. The fourth-order valence-corrected chi connectivity index (χ4v) is 3.96. The Balaban J connectivity index is 1.58. The summed E-state index contributed by atoms with van der Waals surface area (Å²) in [6, 6.07) is 11.2. The van der Waals surface area contributed by atoms with Crippen LogP contribution in [0.4, 0.5) is 0 Å². The van der Waals surface area contributed by atoms with E-state index in [1.54, 1.807) is 18.2 Å². The third-order valence-corrected chi connectivity index (χ3v) is 5.58. The highest BCUT2D eigenvalue weighted by Gasteiger charge is 2.31. The molecule has 0 aromatic heterocycles. The Hall–Kier alpha value is -2.88. The zero-order chi connectivity index (χ0) is 19.7. The van der Waals surface area contributed by atoms with Crippen molar-refractivity contribution in [3.8, 4) is 11.5 Å². The van der Waals surface area contributed by atoms with Crippen molar-refractivity contribution in [1.82, 2.24) is 0 Å². The number of hydrogen-bond acceptors (Lipinski definition) is 4. The number of ketones is 1. The van der Waals surface area contributed by atoms with Crippen LogP contribution >= 0.6 is 0 Å². The van der Waals surface area contributed by atoms with Gasteiger partial charge in [0.05, 0.1) is 11.5 Å². The van der Waals surface area contributed by atoms with Gasteiger partial charge >= 0.3 is 5.97 Å². The second-order valence-corrected chi connectivity index (χ2v) is 7.67. The van der Waals surface area contributed by atoms with Crippen molar-refractivity contribution in [3.63, 3.8) is 0 Å². The van der Waals surface area contributed by atoms with Crippen LogP contribution in [-0.2, 0) is 4.79 Å². The predicted molar refractivity (Wildman–Crippen MR) is 108 cm³/mol. The molecule has 1 aliphatic heterocycles. The minimum atomic E-state index is -0.181. The molecule has 0 atom stereocenters. The standard InChI is InChI=1S/C24H24O4/c1-15-8-6-7-11-18(15)13-21-23(25)22-16(2)12-19(14-20(22)28-21)27-24(26)17-9-4-3-5-10-17/h6-8,11-14,17H,3-5,9-10H2,1-2H3/b21-13-. The van der Waals surface area contributed by atoms with Crippen LogP contribution in [0.2, 0.25) is 0 Å². The van der Waals surface area contributed by atoms with Crippen molar-refractivity contribution in [2.24, 2.45) is 5.92 Å². The molecule has 4 heteroatoms. The molecule has 0 N–H and O–H groups in total. The maximum Gasteiger partial charge on any atom is 0.314 e. The second kappa shape index (κ2) is 7.63. The van der Waals surface area contributed by atoms with E-state index in [9.17, 15) is 9.59 Å². The highest BCUT2D eigenvalue weighted by Crippen LogP contribution is 2.38. The number of carbonyl (C=O) groups is 2. The van der Waals surface area contributed by atoms with Crippen LogP contribution in [0.15, 0.2) is 42.2 Å². The third-order valence-electron chi connectivity index (χ3n) is 5.58. The summed E-state index contributed by atoms with van der Waals surface area (Å²) < 4.78 is 11.5. The smallest absolute Gasteiger partial charge is 0.314 e. The molecule has 0 spiro atoms. The topological polar surface area (TPSA) is 52.6 Å². The largest absolute Gasteiger partial charge is 0.452 e. The molecule has 2 aromatic carbocycles. The van der Waals surface area contributed by atoms with E-state index in [2.05, 4.69) is 0 Å². The molecular formula is C24H24O4. The van der Waals surface area contributed by atoms with Gasteiger partial charge in [-0.25, -0.2) is 0 Å². The van der Waals surface area contributed by atoms with Crippen LogP contribution in [-0.4, -0.2) is 11.8 Å². The number of rotatable bonds is 3. The average Bonchev–Trinajstić information content (AvgIpc) is 3.00. The molecule has 0 unspecified atom stereocenters. The SMILES string of the molecule is Cc1ccccc1/C=C1\Oc2cc(OC(=O)C3CCCCC3)cc(C)c2C1=O. The first-order valence-electron chi connectivity index (χ1n) is 9.89. The Kier molecular flexibility index (Phi) is 5.03. The Labute approximate surface area is 165 Å². The van der Waals surface area contributed by atoms with Crippen molar-refractivity contribution in [3.05, 3.63) is 64.4 Å². The van der Waals surface area contributed by atoms with E-state index in [1.165, 1.54) is 6.42 Å². The monoisotopic (exact) mass is 376 g/mol. The minimum absolute atomic E-state index is 0.0265. The van der Waals surface area contributed by atoms with Crippen LogP contribution in [0, 0.1) is 19.8 Å². The van der Waals surface area contributed by atoms with Gasteiger partial charge in [-0.05, 0) is 55.5 Å². The number of allylic oxidation sites excluding steroid dienone is 1. The van der Waals surface area contributed by atoms with Crippen molar-refractivity contribution in [2.75, 3.05) is 0 Å². The highest BCUT2D eigenvalue weighted by atomic mass is 16.5. The molecule has 4 nitrogen and oxygen atoms in total.